The predicted molar refractivity (Wildman–Crippen MR) is 143 cm³/mol. The molecule has 0 radical (unpaired) electrons. The molecule has 2 aromatic carbocycles. The summed E-state index contributed by atoms with van der Waals surface area (Å²) in [4.78, 5) is 34.2. The number of nitrogens with zero attached hydrogens (tertiary/aromatic N) is 3. The highest BCUT2D eigenvalue weighted by molar-refractivity contribution is 7.13. The SMILES string of the molecule is O=C(Nc1nccs1)[C@H](CC1CCCCC1)N1CCN(C(O)Nc2cccc3ccccc23)CC1=O. The highest BCUT2D eigenvalue weighted by Gasteiger charge is 2.37. The number of amides is 2. The number of carbonyl (C=O) groups is 2. The van der Waals surface area contributed by atoms with Crippen molar-refractivity contribution in [1.82, 2.24) is 14.8 Å². The lowest BCUT2D eigenvalue weighted by molar-refractivity contribution is -0.147. The molecule has 3 N–H and O–H groups in total. The maximum atomic E-state index is 13.3. The first kappa shape index (κ1) is 24.7. The third-order valence-corrected chi connectivity index (χ3v) is 8.02. The Morgan fingerprint density at radius 1 is 1.11 bits per heavy atom. The summed E-state index contributed by atoms with van der Waals surface area (Å²) in [6.07, 6.45) is 7.11. The van der Waals surface area contributed by atoms with Crippen molar-refractivity contribution < 1.29 is 14.7 Å². The van der Waals surface area contributed by atoms with Crippen molar-refractivity contribution in [3.63, 3.8) is 0 Å². The molecule has 5 rings (SSSR count). The lowest BCUT2D eigenvalue weighted by atomic mass is 9.84. The Morgan fingerprint density at radius 3 is 2.69 bits per heavy atom. The highest BCUT2D eigenvalue weighted by Crippen LogP contribution is 2.30. The van der Waals surface area contributed by atoms with Crippen LogP contribution in [-0.4, -0.2) is 63.7 Å². The molecule has 1 aromatic heterocycles. The van der Waals surface area contributed by atoms with Gasteiger partial charge in [-0.05, 0) is 23.8 Å². The maximum Gasteiger partial charge on any atom is 0.248 e. The number of carbonyl (C=O) groups excluding carboxylic acids is 2. The molecule has 3 aromatic rings. The van der Waals surface area contributed by atoms with Gasteiger partial charge < -0.3 is 20.6 Å². The Bertz CT molecular complexity index is 1180. The molecule has 8 nitrogen and oxygen atoms in total. The van der Waals surface area contributed by atoms with Crippen LogP contribution in [0.25, 0.3) is 10.8 Å². The molecule has 1 unspecified atom stereocenters. The van der Waals surface area contributed by atoms with E-state index in [9.17, 15) is 14.7 Å². The summed E-state index contributed by atoms with van der Waals surface area (Å²) in [5.41, 5.74) is 0.813. The Hall–Kier alpha value is -3.01. The predicted octanol–water partition coefficient (Wildman–Crippen LogP) is 4.11. The Balaban J connectivity index is 1.26. The minimum atomic E-state index is -1.01. The number of piperazine rings is 1. The molecule has 2 atom stereocenters. The molecule has 2 aliphatic rings. The highest BCUT2D eigenvalue weighted by atomic mass is 32.1. The van der Waals surface area contributed by atoms with Gasteiger partial charge in [0, 0.05) is 35.7 Å². The zero-order valence-corrected chi connectivity index (χ0v) is 21.1. The molecule has 2 heterocycles. The summed E-state index contributed by atoms with van der Waals surface area (Å²) in [6, 6.07) is 13.3. The molecule has 1 aliphatic heterocycles. The van der Waals surface area contributed by atoms with Gasteiger partial charge in [0.15, 0.2) is 11.5 Å². The Morgan fingerprint density at radius 2 is 1.92 bits per heavy atom. The van der Waals surface area contributed by atoms with Crippen molar-refractivity contribution in [2.45, 2.75) is 50.9 Å². The topological polar surface area (TPSA) is 97.8 Å². The van der Waals surface area contributed by atoms with E-state index in [2.05, 4.69) is 15.6 Å². The third-order valence-electron chi connectivity index (χ3n) is 7.33. The number of nitrogens with one attached hydrogen (secondary N) is 2. The molecule has 1 saturated carbocycles. The second-order valence-corrected chi connectivity index (χ2v) is 10.6. The summed E-state index contributed by atoms with van der Waals surface area (Å²) in [6.45, 7) is 0.900. The molecule has 0 spiro atoms. The number of thiazole rings is 1. The number of rotatable bonds is 8. The molecule has 190 valence electrons. The van der Waals surface area contributed by atoms with Crippen LogP contribution in [0.1, 0.15) is 38.5 Å². The average molecular weight is 508 g/mol. The van der Waals surface area contributed by atoms with Gasteiger partial charge in [0.05, 0.1) is 6.54 Å². The number of fused-ring (bicyclic) bond motifs is 1. The molecular weight excluding hydrogens is 474 g/mol. The van der Waals surface area contributed by atoms with E-state index in [-0.39, 0.29) is 18.4 Å². The molecule has 1 aliphatic carbocycles. The standard InChI is InChI=1S/C27H33N5O3S/c33-24-18-31(27(35)29-22-12-6-10-20-9-4-5-11-21(20)22)14-15-32(24)23(17-19-7-2-1-3-8-19)25(34)30-26-28-13-16-36-26/h4-6,9-13,16,19,23,27,29,35H,1-3,7-8,14-15,17-18H2,(H,28,30,34)/t23-,27?/m0/s1. The molecule has 9 heteroatoms. The van der Waals surface area contributed by atoms with Crippen LogP contribution in [0.15, 0.2) is 54.0 Å². The summed E-state index contributed by atoms with van der Waals surface area (Å²) in [5.74, 6) is 0.122. The van der Waals surface area contributed by atoms with Crippen molar-refractivity contribution in [1.29, 1.82) is 0 Å². The maximum absolute atomic E-state index is 13.3. The van der Waals surface area contributed by atoms with Crippen molar-refractivity contribution in [3.8, 4) is 0 Å². The first-order valence-electron chi connectivity index (χ1n) is 12.7. The van der Waals surface area contributed by atoms with Crippen LogP contribution in [0, 0.1) is 5.92 Å². The van der Waals surface area contributed by atoms with E-state index in [1.807, 2.05) is 47.8 Å². The van der Waals surface area contributed by atoms with Crippen molar-refractivity contribution in [2.75, 3.05) is 30.3 Å². The van der Waals surface area contributed by atoms with Crippen LogP contribution >= 0.6 is 11.3 Å². The van der Waals surface area contributed by atoms with E-state index in [0.29, 0.717) is 30.6 Å². The number of hydrogen-bond acceptors (Lipinski definition) is 7. The van der Waals surface area contributed by atoms with Crippen LogP contribution in [-0.2, 0) is 9.59 Å². The number of anilines is 2. The van der Waals surface area contributed by atoms with Gasteiger partial charge in [0.1, 0.15) is 6.04 Å². The van der Waals surface area contributed by atoms with Gasteiger partial charge >= 0.3 is 0 Å². The molecule has 36 heavy (non-hydrogen) atoms. The summed E-state index contributed by atoms with van der Waals surface area (Å²) >= 11 is 1.37. The van der Waals surface area contributed by atoms with Crippen LogP contribution in [0.5, 0.6) is 0 Å². The second-order valence-electron chi connectivity index (χ2n) is 9.68. The first-order chi connectivity index (χ1) is 17.6. The third kappa shape index (κ3) is 5.69. The molecule has 2 fully saturated rings. The monoisotopic (exact) mass is 507 g/mol. The Kier molecular flexibility index (Phi) is 7.79. The minimum absolute atomic E-state index is 0.0463. The van der Waals surface area contributed by atoms with Crippen molar-refractivity contribution in [3.05, 3.63) is 54.0 Å². The fourth-order valence-electron chi connectivity index (χ4n) is 5.41. The molecule has 2 amide bonds. The summed E-state index contributed by atoms with van der Waals surface area (Å²) in [5, 5.41) is 21.5. The van der Waals surface area contributed by atoms with Gasteiger partial charge in [-0.15, -0.1) is 11.3 Å². The molecule has 0 bridgehead atoms. The van der Waals surface area contributed by atoms with Gasteiger partial charge in [-0.2, -0.15) is 0 Å². The zero-order valence-electron chi connectivity index (χ0n) is 20.3. The number of aromatic nitrogens is 1. The van der Waals surface area contributed by atoms with Crippen molar-refractivity contribution >= 4 is 44.7 Å². The lowest BCUT2D eigenvalue weighted by Crippen LogP contribution is -2.60. The Labute approximate surface area is 215 Å². The van der Waals surface area contributed by atoms with E-state index in [0.717, 1.165) is 29.3 Å². The number of benzene rings is 2. The van der Waals surface area contributed by atoms with Gasteiger partial charge in [-0.3, -0.25) is 14.5 Å². The van der Waals surface area contributed by atoms with Crippen LogP contribution in [0.4, 0.5) is 10.8 Å². The van der Waals surface area contributed by atoms with E-state index in [4.69, 9.17) is 0 Å². The normalized spacial score (nSPS) is 19.2. The van der Waals surface area contributed by atoms with E-state index >= 15 is 0 Å². The van der Waals surface area contributed by atoms with Crippen LogP contribution in [0.3, 0.4) is 0 Å². The largest absolute Gasteiger partial charge is 0.361 e. The van der Waals surface area contributed by atoms with Gasteiger partial charge in [-0.1, -0.05) is 68.5 Å². The fraction of sp³-hybridized carbons (Fsp3) is 0.444. The average Bonchev–Trinajstić information content (AvgIpc) is 3.41. The van der Waals surface area contributed by atoms with Crippen molar-refractivity contribution in [2.24, 2.45) is 5.92 Å². The second kappa shape index (κ2) is 11.4. The number of hydrogen-bond donors (Lipinski definition) is 3. The van der Waals surface area contributed by atoms with E-state index in [1.165, 1.54) is 30.6 Å². The van der Waals surface area contributed by atoms with Gasteiger partial charge in [0.2, 0.25) is 11.8 Å². The van der Waals surface area contributed by atoms with E-state index in [1.54, 1.807) is 16.0 Å². The van der Waals surface area contributed by atoms with E-state index < -0.39 is 12.4 Å². The van der Waals surface area contributed by atoms with Crippen LogP contribution in [0.2, 0.25) is 0 Å². The van der Waals surface area contributed by atoms with Gasteiger partial charge in [-0.25, -0.2) is 4.98 Å². The number of aliphatic hydroxyl groups excluding tert-OH is 1. The fourth-order valence-corrected chi connectivity index (χ4v) is 5.94. The quantitative estimate of drug-likeness (QED) is 0.397. The number of aliphatic hydroxyl groups is 1. The summed E-state index contributed by atoms with van der Waals surface area (Å²) in [7, 11) is 0. The molecule has 1 saturated heterocycles. The lowest BCUT2D eigenvalue weighted by Gasteiger charge is -2.41. The smallest absolute Gasteiger partial charge is 0.248 e. The summed E-state index contributed by atoms with van der Waals surface area (Å²) < 4.78 is 0. The first-order valence-corrected chi connectivity index (χ1v) is 13.6. The molecular formula is C27H33N5O3S. The van der Waals surface area contributed by atoms with Gasteiger partial charge in [0.25, 0.3) is 0 Å². The zero-order chi connectivity index (χ0) is 24.9. The van der Waals surface area contributed by atoms with Crippen LogP contribution < -0.4 is 10.6 Å². The minimum Gasteiger partial charge on any atom is -0.361 e.